The van der Waals surface area contributed by atoms with Crippen LogP contribution in [0.3, 0.4) is 0 Å². The molecule has 24 heavy (non-hydrogen) atoms. The number of aromatic nitrogens is 2. The number of amides is 1. The lowest BCUT2D eigenvalue weighted by atomic mass is 10.1. The second-order valence-corrected chi connectivity index (χ2v) is 7.18. The van der Waals surface area contributed by atoms with E-state index in [4.69, 9.17) is 11.6 Å². The summed E-state index contributed by atoms with van der Waals surface area (Å²) in [5, 5.41) is 8.32. The van der Waals surface area contributed by atoms with E-state index in [0.717, 1.165) is 29.1 Å². The molecule has 2 aromatic rings. The molecule has 5 heteroatoms. The van der Waals surface area contributed by atoms with Crippen molar-refractivity contribution in [2.45, 2.75) is 53.6 Å². The molecule has 0 saturated heterocycles. The third-order valence-corrected chi connectivity index (χ3v) is 4.41. The number of rotatable bonds is 6. The lowest BCUT2D eigenvalue weighted by Gasteiger charge is -2.15. The molecule has 1 aromatic carbocycles. The molecule has 1 aromatic heterocycles. The van der Waals surface area contributed by atoms with E-state index >= 15 is 0 Å². The summed E-state index contributed by atoms with van der Waals surface area (Å²) < 4.78 is 2.01. The standard InChI is InChI=1S/C19H26ClN3O/c1-12(2)11-23-15(5)18(14(4)22-23)10-19(24)21-13(3)16-6-8-17(20)9-7-16/h6-9,12-13H,10-11H2,1-5H3,(H,21,24). The van der Waals surface area contributed by atoms with Crippen LogP contribution in [0.1, 0.15) is 49.3 Å². The average Bonchev–Trinajstić information content (AvgIpc) is 2.74. The van der Waals surface area contributed by atoms with Crippen LogP contribution in [0.15, 0.2) is 24.3 Å². The summed E-state index contributed by atoms with van der Waals surface area (Å²) in [6.45, 7) is 11.2. The number of halogens is 1. The van der Waals surface area contributed by atoms with Crippen molar-refractivity contribution in [2.24, 2.45) is 5.92 Å². The van der Waals surface area contributed by atoms with Crippen molar-refractivity contribution >= 4 is 17.5 Å². The number of aryl methyl sites for hydroxylation is 1. The van der Waals surface area contributed by atoms with Gasteiger partial charge in [-0.3, -0.25) is 9.48 Å². The SMILES string of the molecule is Cc1nn(CC(C)C)c(C)c1CC(=O)NC(C)c1ccc(Cl)cc1. The Balaban J connectivity index is 2.04. The van der Waals surface area contributed by atoms with Crippen molar-refractivity contribution in [1.82, 2.24) is 15.1 Å². The molecule has 0 bridgehead atoms. The molecular weight excluding hydrogens is 322 g/mol. The molecule has 0 aliphatic carbocycles. The van der Waals surface area contributed by atoms with Crippen LogP contribution in [0.25, 0.3) is 0 Å². The molecule has 1 N–H and O–H groups in total. The number of nitrogens with one attached hydrogen (secondary N) is 1. The fourth-order valence-corrected chi connectivity index (χ4v) is 2.93. The number of carbonyl (C=O) groups is 1. The highest BCUT2D eigenvalue weighted by Crippen LogP contribution is 2.18. The van der Waals surface area contributed by atoms with Gasteiger partial charge in [-0.1, -0.05) is 37.6 Å². The largest absolute Gasteiger partial charge is 0.349 e. The van der Waals surface area contributed by atoms with E-state index in [0.29, 0.717) is 17.4 Å². The third kappa shape index (κ3) is 4.60. The minimum atomic E-state index is -0.0545. The van der Waals surface area contributed by atoms with Gasteiger partial charge in [0.25, 0.3) is 0 Å². The number of benzene rings is 1. The molecular formula is C19H26ClN3O. The summed E-state index contributed by atoms with van der Waals surface area (Å²) >= 11 is 5.91. The van der Waals surface area contributed by atoms with E-state index in [1.807, 2.05) is 49.7 Å². The van der Waals surface area contributed by atoms with E-state index in [1.54, 1.807) is 0 Å². The Kier molecular flexibility index (Phi) is 6.05. The van der Waals surface area contributed by atoms with Gasteiger partial charge in [-0.15, -0.1) is 0 Å². The summed E-state index contributed by atoms with van der Waals surface area (Å²) in [5.74, 6) is 0.530. The number of nitrogens with zero attached hydrogens (tertiary/aromatic N) is 2. The Morgan fingerprint density at radius 2 is 1.83 bits per heavy atom. The normalized spacial score (nSPS) is 12.5. The molecule has 130 valence electrons. The Morgan fingerprint density at radius 1 is 1.21 bits per heavy atom. The van der Waals surface area contributed by atoms with Gasteiger partial charge in [0.15, 0.2) is 0 Å². The quantitative estimate of drug-likeness (QED) is 0.850. The van der Waals surface area contributed by atoms with Crippen LogP contribution in [-0.2, 0) is 17.8 Å². The van der Waals surface area contributed by atoms with Crippen LogP contribution in [0.4, 0.5) is 0 Å². The zero-order chi connectivity index (χ0) is 17.9. The van der Waals surface area contributed by atoms with Gasteiger partial charge in [-0.2, -0.15) is 5.10 Å². The summed E-state index contributed by atoms with van der Waals surface area (Å²) in [4.78, 5) is 12.4. The minimum Gasteiger partial charge on any atom is -0.349 e. The molecule has 2 rings (SSSR count). The number of hydrogen-bond donors (Lipinski definition) is 1. The maximum absolute atomic E-state index is 12.4. The van der Waals surface area contributed by atoms with Crippen molar-refractivity contribution in [3.8, 4) is 0 Å². The monoisotopic (exact) mass is 347 g/mol. The topological polar surface area (TPSA) is 46.9 Å². The Bertz CT molecular complexity index is 704. The zero-order valence-electron chi connectivity index (χ0n) is 15.1. The van der Waals surface area contributed by atoms with Crippen molar-refractivity contribution in [2.75, 3.05) is 0 Å². The summed E-state index contributed by atoms with van der Waals surface area (Å²) in [6.07, 6.45) is 0.355. The molecule has 0 spiro atoms. The molecule has 1 unspecified atom stereocenters. The van der Waals surface area contributed by atoms with Crippen LogP contribution in [0.5, 0.6) is 0 Å². The highest BCUT2D eigenvalue weighted by atomic mass is 35.5. The van der Waals surface area contributed by atoms with E-state index in [2.05, 4.69) is 24.3 Å². The predicted molar refractivity (Wildman–Crippen MR) is 98.3 cm³/mol. The first-order valence-corrected chi connectivity index (χ1v) is 8.73. The fraction of sp³-hybridized carbons (Fsp3) is 0.474. The first-order valence-electron chi connectivity index (χ1n) is 8.35. The van der Waals surface area contributed by atoms with Crippen molar-refractivity contribution < 1.29 is 4.79 Å². The van der Waals surface area contributed by atoms with Crippen LogP contribution >= 0.6 is 11.6 Å². The second-order valence-electron chi connectivity index (χ2n) is 6.74. The van der Waals surface area contributed by atoms with Crippen LogP contribution < -0.4 is 5.32 Å². The molecule has 4 nitrogen and oxygen atoms in total. The molecule has 0 radical (unpaired) electrons. The zero-order valence-corrected chi connectivity index (χ0v) is 15.8. The van der Waals surface area contributed by atoms with Crippen LogP contribution in [0.2, 0.25) is 5.02 Å². The maximum atomic E-state index is 12.4. The molecule has 0 fully saturated rings. The van der Waals surface area contributed by atoms with Crippen LogP contribution in [-0.4, -0.2) is 15.7 Å². The highest BCUT2D eigenvalue weighted by molar-refractivity contribution is 6.30. The second kappa shape index (κ2) is 7.84. The van der Waals surface area contributed by atoms with Crippen molar-refractivity contribution in [1.29, 1.82) is 0 Å². The molecule has 0 aliphatic rings. The van der Waals surface area contributed by atoms with Gasteiger partial charge in [0.2, 0.25) is 5.91 Å². The van der Waals surface area contributed by atoms with Gasteiger partial charge in [0.05, 0.1) is 18.2 Å². The lowest BCUT2D eigenvalue weighted by molar-refractivity contribution is -0.121. The van der Waals surface area contributed by atoms with E-state index in [9.17, 15) is 4.79 Å². The Labute approximate surface area is 149 Å². The fourth-order valence-electron chi connectivity index (χ4n) is 2.80. The lowest BCUT2D eigenvalue weighted by Crippen LogP contribution is -2.28. The molecule has 0 saturated carbocycles. The predicted octanol–water partition coefficient (Wildman–Crippen LogP) is 4.23. The Hall–Kier alpha value is -1.81. The third-order valence-electron chi connectivity index (χ3n) is 4.15. The smallest absolute Gasteiger partial charge is 0.225 e. The van der Waals surface area contributed by atoms with Gasteiger partial charge >= 0.3 is 0 Å². The Morgan fingerprint density at radius 3 is 2.42 bits per heavy atom. The first kappa shape index (κ1) is 18.5. The average molecular weight is 348 g/mol. The van der Waals surface area contributed by atoms with Gasteiger partial charge in [0.1, 0.15) is 0 Å². The molecule has 0 aliphatic heterocycles. The molecule has 1 atom stereocenters. The van der Waals surface area contributed by atoms with E-state index in [1.165, 1.54) is 0 Å². The van der Waals surface area contributed by atoms with Gasteiger partial charge in [-0.25, -0.2) is 0 Å². The number of carbonyl (C=O) groups excluding carboxylic acids is 1. The maximum Gasteiger partial charge on any atom is 0.225 e. The van der Waals surface area contributed by atoms with Gasteiger partial charge in [0, 0.05) is 22.8 Å². The first-order chi connectivity index (χ1) is 11.3. The van der Waals surface area contributed by atoms with Gasteiger partial charge in [-0.05, 0) is 44.4 Å². The van der Waals surface area contributed by atoms with Crippen molar-refractivity contribution in [3.63, 3.8) is 0 Å². The summed E-state index contributed by atoms with van der Waals surface area (Å²) in [7, 11) is 0. The van der Waals surface area contributed by atoms with E-state index < -0.39 is 0 Å². The van der Waals surface area contributed by atoms with Gasteiger partial charge < -0.3 is 5.32 Å². The minimum absolute atomic E-state index is 0.00717. The summed E-state index contributed by atoms with van der Waals surface area (Å²) in [5.41, 5.74) is 4.08. The summed E-state index contributed by atoms with van der Waals surface area (Å²) in [6, 6.07) is 7.49. The van der Waals surface area contributed by atoms with Crippen molar-refractivity contribution in [3.05, 3.63) is 51.8 Å². The molecule has 1 heterocycles. The van der Waals surface area contributed by atoms with E-state index in [-0.39, 0.29) is 11.9 Å². The highest BCUT2D eigenvalue weighted by Gasteiger charge is 2.17. The van der Waals surface area contributed by atoms with Crippen LogP contribution in [0, 0.1) is 19.8 Å². The number of hydrogen-bond acceptors (Lipinski definition) is 2. The molecule has 1 amide bonds.